The van der Waals surface area contributed by atoms with Gasteiger partial charge >= 0.3 is 0 Å². The number of hydrogen-bond acceptors (Lipinski definition) is 3. The molecule has 0 atom stereocenters. The number of aromatic nitrogens is 2. The fourth-order valence-electron chi connectivity index (χ4n) is 3.24. The molecule has 0 amide bonds. The average Bonchev–Trinajstić information content (AvgIpc) is 3.19. The van der Waals surface area contributed by atoms with E-state index in [0.29, 0.717) is 0 Å². The third kappa shape index (κ3) is 7.05. The number of rotatable bonds is 8. The molecule has 7 heteroatoms. The number of guanidine groups is 1. The first-order valence-electron chi connectivity index (χ1n) is 9.78. The molecule has 160 valence electrons. The first-order chi connectivity index (χ1) is 14.2. The maximum Gasteiger partial charge on any atom is 0.193 e. The summed E-state index contributed by atoms with van der Waals surface area (Å²) in [6, 6.07) is 19.2. The second-order valence-electron chi connectivity index (χ2n) is 6.89. The van der Waals surface area contributed by atoms with Crippen LogP contribution in [0.5, 0.6) is 0 Å². The summed E-state index contributed by atoms with van der Waals surface area (Å²) in [5.74, 6) is 1.97. The van der Waals surface area contributed by atoms with Gasteiger partial charge in [-0.2, -0.15) is 0 Å². The molecule has 0 saturated heterocycles. The molecule has 0 spiro atoms. The maximum absolute atomic E-state index is 4.53. The van der Waals surface area contributed by atoms with Gasteiger partial charge in [-0.1, -0.05) is 42.5 Å². The summed E-state index contributed by atoms with van der Waals surface area (Å²) >= 11 is 1.76. The van der Waals surface area contributed by atoms with Crippen molar-refractivity contribution in [2.75, 3.05) is 26.9 Å². The van der Waals surface area contributed by atoms with Crippen LogP contribution < -0.4 is 5.32 Å². The van der Waals surface area contributed by atoms with Crippen LogP contribution in [0.4, 0.5) is 0 Å². The minimum absolute atomic E-state index is 0. The Morgan fingerprint density at radius 3 is 2.50 bits per heavy atom. The van der Waals surface area contributed by atoms with Crippen molar-refractivity contribution >= 4 is 41.7 Å². The predicted molar refractivity (Wildman–Crippen MR) is 138 cm³/mol. The Balaban J connectivity index is 0.00000320. The van der Waals surface area contributed by atoms with Gasteiger partial charge in [0.05, 0.1) is 0 Å². The van der Waals surface area contributed by atoms with E-state index in [1.807, 2.05) is 25.5 Å². The van der Waals surface area contributed by atoms with Crippen molar-refractivity contribution in [1.82, 2.24) is 19.8 Å². The number of benzene rings is 2. The van der Waals surface area contributed by atoms with Crippen LogP contribution in [0.1, 0.15) is 17.0 Å². The second kappa shape index (κ2) is 12.6. The molecule has 1 heterocycles. The lowest BCUT2D eigenvalue weighted by Gasteiger charge is -2.22. The number of nitrogens with one attached hydrogen (secondary N) is 1. The maximum atomic E-state index is 4.53. The average molecular weight is 535 g/mol. The number of hydrogen-bond donors (Lipinski definition) is 1. The molecular weight excluding hydrogens is 505 g/mol. The van der Waals surface area contributed by atoms with Crippen LogP contribution in [0.25, 0.3) is 0 Å². The minimum Gasteiger partial charge on any atom is -0.356 e. The van der Waals surface area contributed by atoms with Gasteiger partial charge in [0.15, 0.2) is 5.96 Å². The summed E-state index contributed by atoms with van der Waals surface area (Å²) in [6.45, 7) is 2.45. The lowest BCUT2D eigenvalue weighted by molar-refractivity contribution is 0.476. The van der Waals surface area contributed by atoms with Crippen molar-refractivity contribution in [3.05, 3.63) is 83.9 Å². The Labute approximate surface area is 201 Å². The van der Waals surface area contributed by atoms with E-state index in [4.69, 9.17) is 0 Å². The number of halogens is 1. The smallest absolute Gasteiger partial charge is 0.193 e. The Morgan fingerprint density at radius 1 is 1.10 bits per heavy atom. The molecule has 0 aliphatic rings. The molecule has 2 aromatic carbocycles. The van der Waals surface area contributed by atoms with E-state index in [0.717, 1.165) is 37.8 Å². The number of imidazole rings is 1. The van der Waals surface area contributed by atoms with Gasteiger partial charge in [0, 0.05) is 57.4 Å². The molecular formula is C23H30IN5S. The molecule has 1 N–H and O–H groups in total. The number of nitrogens with zero attached hydrogens (tertiary/aromatic N) is 4. The van der Waals surface area contributed by atoms with E-state index in [1.54, 1.807) is 11.8 Å². The highest BCUT2D eigenvalue weighted by Gasteiger charge is 2.08. The highest BCUT2D eigenvalue weighted by atomic mass is 127. The van der Waals surface area contributed by atoms with Crippen molar-refractivity contribution in [1.29, 1.82) is 0 Å². The second-order valence-corrected chi connectivity index (χ2v) is 7.76. The monoisotopic (exact) mass is 535 g/mol. The van der Waals surface area contributed by atoms with Crippen LogP contribution in [0.15, 0.2) is 76.9 Å². The summed E-state index contributed by atoms with van der Waals surface area (Å²) in [7, 11) is 3.89. The molecule has 5 nitrogen and oxygen atoms in total. The van der Waals surface area contributed by atoms with Gasteiger partial charge in [-0.3, -0.25) is 4.99 Å². The van der Waals surface area contributed by atoms with E-state index < -0.39 is 0 Å². The lowest BCUT2D eigenvalue weighted by atomic mass is 10.2. The first-order valence-corrected chi connectivity index (χ1v) is 11.0. The van der Waals surface area contributed by atoms with Crippen molar-refractivity contribution in [3.63, 3.8) is 0 Å². The summed E-state index contributed by atoms with van der Waals surface area (Å²) in [5.41, 5.74) is 2.55. The number of thioether (sulfide) groups is 1. The largest absolute Gasteiger partial charge is 0.356 e. The first kappa shape index (κ1) is 24.3. The van der Waals surface area contributed by atoms with Crippen LogP contribution in [0.3, 0.4) is 0 Å². The standard InChI is InChI=1S/C23H29N5S.HI/c1-24-23(27(2)17-20-9-11-21(29-3)12-10-20)26-14-13-22-25-15-16-28(22)18-19-7-5-4-6-8-19;/h4-12,15-16H,13-14,17-18H2,1-3H3,(H,24,26);1H. The van der Waals surface area contributed by atoms with E-state index in [2.05, 4.69) is 86.6 Å². The fourth-order valence-corrected chi connectivity index (χ4v) is 3.65. The van der Waals surface area contributed by atoms with E-state index in [9.17, 15) is 0 Å². The predicted octanol–water partition coefficient (Wildman–Crippen LogP) is 4.52. The molecule has 30 heavy (non-hydrogen) atoms. The highest BCUT2D eigenvalue weighted by molar-refractivity contribution is 14.0. The molecule has 3 rings (SSSR count). The summed E-state index contributed by atoms with van der Waals surface area (Å²) in [5, 5.41) is 3.46. The molecule has 0 saturated carbocycles. The van der Waals surface area contributed by atoms with Crippen LogP contribution in [-0.4, -0.2) is 47.3 Å². The molecule has 0 aliphatic carbocycles. The van der Waals surface area contributed by atoms with E-state index in [1.165, 1.54) is 16.0 Å². The summed E-state index contributed by atoms with van der Waals surface area (Å²) < 4.78 is 2.21. The quantitative estimate of drug-likeness (QED) is 0.200. The molecule has 0 bridgehead atoms. The lowest BCUT2D eigenvalue weighted by Crippen LogP contribution is -2.39. The number of aliphatic imine (C=N–C) groups is 1. The van der Waals surface area contributed by atoms with Gasteiger partial charge < -0.3 is 14.8 Å². The minimum atomic E-state index is 0. The van der Waals surface area contributed by atoms with Crippen LogP contribution >= 0.6 is 35.7 Å². The zero-order chi connectivity index (χ0) is 20.5. The van der Waals surface area contributed by atoms with Gasteiger partial charge in [-0.05, 0) is 29.5 Å². The normalized spacial score (nSPS) is 11.1. The van der Waals surface area contributed by atoms with Crippen molar-refractivity contribution < 1.29 is 0 Å². The molecule has 1 aromatic heterocycles. The molecule has 3 aromatic rings. The molecule has 0 fully saturated rings. The highest BCUT2D eigenvalue weighted by Crippen LogP contribution is 2.15. The Morgan fingerprint density at radius 2 is 1.83 bits per heavy atom. The van der Waals surface area contributed by atoms with Crippen LogP contribution in [-0.2, 0) is 19.5 Å². The Kier molecular flexibility index (Phi) is 10.2. The van der Waals surface area contributed by atoms with Gasteiger partial charge in [0.25, 0.3) is 0 Å². The third-order valence-electron chi connectivity index (χ3n) is 4.78. The van der Waals surface area contributed by atoms with Crippen molar-refractivity contribution in [2.45, 2.75) is 24.4 Å². The summed E-state index contributed by atoms with van der Waals surface area (Å²) in [4.78, 5) is 12.4. The molecule has 0 aliphatic heterocycles. The van der Waals surface area contributed by atoms with E-state index in [-0.39, 0.29) is 24.0 Å². The van der Waals surface area contributed by atoms with Crippen LogP contribution in [0.2, 0.25) is 0 Å². The van der Waals surface area contributed by atoms with Crippen LogP contribution in [0, 0.1) is 0 Å². The Bertz CT molecular complexity index is 909. The van der Waals surface area contributed by atoms with Gasteiger partial charge in [0.1, 0.15) is 5.82 Å². The van der Waals surface area contributed by atoms with Gasteiger partial charge in [-0.25, -0.2) is 4.98 Å². The fraction of sp³-hybridized carbons (Fsp3) is 0.304. The topological polar surface area (TPSA) is 45.5 Å². The van der Waals surface area contributed by atoms with Crippen molar-refractivity contribution in [3.8, 4) is 0 Å². The van der Waals surface area contributed by atoms with Gasteiger partial charge in [0.2, 0.25) is 0 Å². The molecule has 0 radical (unpaired) electrons. The zero-order valence-electron chi connectivity index (χ0n) is 17.8. The van der Waals surface area contributed by atoms with Gasteiger partial charge in [-0.15, -0.1) is 35.7 Å². The molecule has 0 unspecified atom stereocenters. The SMILES string of the molecule is CN=C(NCCc1nccn1Cc1ccccc1)N(C)Cc1ccc(SC)cc1.I. The summed E-state index contributed by atoms with van der Waals surface area (Å²) in [6.07, 6.45) is 6.85. The van der Waals surface area contributed by atoms with Crippen molar-refractivity contribution in [2.24, 2.45) is 4.99 Å². The Hall–Kier alpha value is -2.00. The third-order valence-corrected chi connectivity index (χ3v) is 5.52. The zero-order valence-corrected chi connectivity index (χ0v) is 20.9. The van der Waals surface area contributed by atoms with E-state index >= 15 is 0 Å².